The van der Waals surface area contributed by atoms with Crippen LogP contribution in [-0.4, -0.2) is 12.4 Å². The van der Waals surface area contributed by atoms with Gasteiger partial charge in [0.15, 0.2) is 0 Å². The number of para-hydroxylation sites is 1. The molecule has 0 bridgehead atoms. The number of amidine groups is 1. The fourth-order valence-corrected chi connectivity index (χ4v) is 1.83. The zero-order valence-corrected chi connectivity index (χ0v) is 9.93. The smallest absolute Gasteiger partial charge is 0.132 e. The van der Waals surface area contributed by atoms with Crippen LogP contribution in [0.4, 0.5) is 5.69 Å². The monoisotopic (exact) mass is 224 g/mol. The van der Waals surface area contributed by atoms with Crippen molar-refractivity contribution in [3.63, 3.8) is 0 Å². The normalized spacial score (nSPS) is 9.94. The quantitative estimate of drug-likeness (QED) is 0.626. The number of anilines is 1. The van der Waals surface area contributed by atoms with E-state index in [9.17, 15) is 0 Å². The summed E-state index contributed by atoms with van der Waals surface area (Å²) in [6, 6.07) is 19.9. The van der Waals surface area contributed by atoms with Crippen LogP contribution in [0.5, 0.6) is 0 Å². The van der Waals surface area contributed by atoms with Crippen molar-refractivity contribution in [3.8, 4) is 0 Å². The lowest BCUT2D eigenvalue weighted by Gasteiger charge is -2.23. The predicted molar refractivity (Wildman–Crippen MR) is 72.7 cm³/mol. The lowest BCUT2D eigenvalue weighted by atomic mass is 10.1. The molecule has 2 rings (SSSR count). The molecule has 0 heterocycles. The lowest BCUT2D eigenvalue weighted by molar-refractivity contribution is 1.04. The second kappa shape index (κ2) is 5.30. The summed E-state index contributed by atoms with van der Waals surface area (Å²) in [6.45, 7) is 2.85. The topological polar surface area (TPSA) is 27.1 Å². The molecular weight excluding hydrogens is 208 g/mol. The lowest BCUT2D eigenvalue weighted by Crippen LogP contribution is -2.30. The van der Waals surface area contributed by atoms with Gasteiger partial charge in [-0.3, -0.25) is 5.41 Å². The van der Waals surface area contributed by atoms with Crippen LogP contribution in [-0.2, 0) is 0 Å². The minimum Gasteiger partial charge on any atom is -0.327 e. The van der Waals surface area contributed by atoms with E-state index in [-0.39, 0.29) is 0 Å². The highest BCUT2D eigenvalue weighted by Crippen LogP contribution is 2.16. The van der Waals surface area contributed by atoms with Crippen molar-refractivity contribution in [1.82, 2.24) is 0 Å². The van der Waals surface area contributed by atoms with Gasteiger partial charge in [-0.1, -0.05) is 48.5 Å². The van der Waals surface area contributed by atoms with Gasteiger partial charge in [0.2, 0.25) is 0 Å². The summed E-state index contributed by atoms with van der Waals surface area (Å²) in [5.74, 6) is 0.541. The van der Waals surface area contributed by atoms with E-state index in [1.165, 1.54) is 0 Å². The van der Waals surface area contributed by atoms with Gasteiger partial charge in [0, 0.05) is 17.8 Å². The summed E-state index contributed by atoms with van der Waals surface area (Å²) in [7, 11) is 0. The summed E-state index contributed by atoms with van der Waals surface area (Å²) in [5, 5.41) is 8.25. The highest BCUT2D eigenvalue weighted by atomic mass is 15.2. The van der Waals surface area contributed by atoms with Crippen LogP contribution >= 0.6 is 0 Å². The molecule has 0 saturated carbocycles. The van der Waals surface area contributed by atoms with Crippen LogP contribution in [0.3, 0.4) is 0 Å². The van der Waals surface area contributed by atoms with Crippen molar-refractivity contribution in [2.45, 2.75) is 6.92 Å². The fraction of sp³-hybridized carbons (Fsp3) is 0.133. The van der Waals surface area contributed by atoms with E-state index < -0.39 is 0 Å². The molecular formula is C15H16N2. The van der Waals surface area contributed by atoms with Crippen molar-refractivity contribution >= 4 is 11.5 Å². The Kier molecular flexibility index (Phi) is 3.55. The Balaban J connectivity index is 2.29. The second-order valence-corrected chi connectivity index (χ2v) is 3.79. The molecule has 2 heteroatoms. The van der Waals surface area contributed by atoms with E-state index in [2.05, 4.69) is 6.92 Å². The fourth-order valence-electron chi connectivity index (χ4n) is 1.83. The molecule has 0 aliphatic carbocycles. The van der Waals surface area contributed by atoms with Crippen LogP contribution in [0.25, 0.3) is 0 Å². The molecule has 0 aliphatic heterocycles. The van der Waals surface area contributed by atoms with E-state index in [0.717, 1.165) is 17.8 Å². The van der Waals surface area contributed by atoms with Gasteiger partial charge < -0.3 is 4.90 Å². The first-order chi connectivity index (χ1) is 8.33. The molecule has 0 radical (unpaired) electrons. The SMILES string of the molecule is CCN(C(=N)c1ccccc1)c1ccccc1. The molecule has 0 aliphatic rings. The Morgan fingerprint density at radius 3 is 2.00 bits per heavy atom. The molecule has 0 aromatic heterocycles. The van der Waals surface area contributed by atoms with E-state index >= 15 is 0 Å². The van der Waals surface area contributed by atoms with Crippen LogP contribution < -0.4 is 4.90 Å². The van der Waals surface area contributed by atoms with Crippen molar-refractivity contribution in [2.24, 2.45) is 0 Å². The summed E-state index contributed by atoms with van der Waals surface area (Å²) < 4.78 is 0. The van der Waals surface area contributed by atoms with Crippen molar-refractivity contribution in [1.29, 1.82) is 5.41 Å². The Morgan fingerprint density at radius 1 is 0.941 bits per heavy atom. The zero-order valence-electron chi connectivity index (χ0n) is 9.93. The van der Waals surface area contributed by atoms with E-state index in [1.54, 1.807) is 0 Å². The van der Waals surface area contributed by atoms with Gasteiger partial charge in [-0.05, 0) is 19.1 Å². The standard InChI is InChI=1S/C15H16N2/c1-2-17(14-11-7-4-8-12-14)15(16)13-9-5-3-6-10-13/h3-12,16H,2H2,1H3. The number of nitrogens with zero attached hydrogens (tertiary/aromatic N) is 1. The van der Waals surface area contributed by atoms with Crippen molar-refractivity contribution in [2.75, 3.05) is 11.4 Å². The molecule has 0 fully saturated rings. The predicted octanol–water partition coefficient (Wildman–Crippen LogP) is 3.54. The van der Waals surface area contributed by atoms with Gasteiger partial charge in [0.1, 0.15) is 5.84 Å². The Labute approximate surface area is 102 Å². The van der Waals surface area contributed by atoms with Crippen molar-refractivity contribution in [3.05, 3.63) is 66.2 Å². The minimum atomic E-state index is 0.541. The van der Waals surface area contributed by atoms with E-state index in [1.807, 2.05) is 65.6 Å². The highest BCUT2D eigenvalue weighted by Gasteiger charge is 2.11. The Hall–Kier alpha value is -2.09. The first kappa shape index (κ1) is 11.4. The van der Waals surface area contributed by atoms with Gasteiger partial charge in [-0.15, -0.1) is 0 Å². The van der Waals surface area contributed by atoms with Gasteiger partial charge in [0.05, 0.1) is 0 Å². The molecule has 17 heavy (non-hydrogen) atoms. The molecule has 2 aromatic carbocycles. The van der Waals surface area contributed by atoms with Gasteiger partial charge in [-0.2, -0.15) is 0 Å². The first-order valence-corrected chi connectivity index (χ1v) is 5.79. The largest absolute Gasteiger partial charge is 0.327 e. The number of hydrogen-bond donors (Lipinski definition) is 1. The summed E-state index contributed by atoms with van der Waals surface area (Å²) >= 11 is 0. The summed E-state index contributed by atoms with van der Waals surface area (Å²) in [6.07, 6.45) is 0. The zero-order chi connectivity index (χ0) is 12.1. The van der Waals surface area contributed by atoms with Gasteiger partial charge in [-0.25, -0.2) is 0 Å². The van der Waals surface area contributed by atoms with Gasteiger partial charge in [0.25, 0.3) is 0 Å². The van der Waals surface area contributed by atoms with Crippen LogP contribution in [0.2, 0.25) is 0 Å². The maximum absolute atomic E-state index is 8.25. The van der Waals surface area contributed by atoms with Crippen LogP contribution in [0.1, 0.15) is 12.5 Å². The summed E-state index contributed by atoms with van der Waals surface area (Å²) in [4.78, 5) is 2.00. The maximum Gasteiger partial charge on any atom is 0.132 e. The Bertz CT molecular complexity index is 477. The molecule has 0 atom stereocenters. The molecule has 2 nitrogen and oxygen atoms in total. The third-order valence-electron chi connectivity index (χ3n) is 2.70. The van der Waals surface area contributed by atoms with Crippen LogP contribution in [0, 0.1) is 5.41 Å². The van der Waals surface area contributed by atoms with Crippen LogP contribution in [0.15, 0.2) is 60.7 Å². The maximum atomic E-state index is 8.25. The third-order valence-corrected chi connectivity index (χ3v) is 2.70. The molecule has 86 valence electrons. The molecule has 0 unspecified atom stereocenters. The first-order valence-electron chi connectivity index (χ1n) is 5.79. The molecule has 2 aromatic rings. The average molecular weight is 224 g/mol. The number of hydrogen-bond acceptors (Lipinski definition) is 1. The third kappa shape index (κ3) is 2.53. The van der Waals surface area contributed by atoms with Crippen molar-refractivity contribution < 1.29 is 0 Å². The number of benzene rings is 2. The molecule has 0 saturated heterocycles. The molecule has 1 N–H and O–H groups in total. The number of rotatable bonds is 3. The summed E-state index contributed by atoms with van der Waals surface area (Å²) in [5.41, 5.74) is 2.00. The average Bonchev–Trinajstić information content (AvgIpc) is 2.42. The van der Waals surface area contributed by atoms with E-state index in [0.29, 0.717) is 5.84 Å². The van der Waals surface area contributed by atoms with E-state index in [4.69, 9.17) is 5.41 Å². The molecule has 0 amide bonds. The Morgan fingerprint density at radius 2 is 1.47 bits per heavy atom. The van der Waals surface area contributed by atoms with Gasteiger partial charge >= 0.3 is 0 Å². The second-order valence-electron chi connectivity index (χ2n) is 3.79. The molecule has 0 spiro atoms. The highest BCUT2D eigenvalue weighted by molar-refractivity contribution is 6.07. The number of nitrogens with one attached hydrogen (secondary N) is 1. The minimum absolute atomic E-state index is 0.541.